The van der Waals surface area contributed by atoms with Crippen molar-refractivity contribution in [1.29, 1.82) is 0 Å². The van der Waals surface area contributed by atoms with Crippen LogP contribution >= 0.6 is 21.6 Å². The van der Waals surface area contributed by atoms with E-state index in [1.807, 2.05) is 48.5 Å². The first kappa shape index (κ1) is 16.9. The molecule has 0 aromatic heterocycles. The molecule has 0 heterocycles. The highest BCUT2D eigenvalue weighted by Crippen LogP contribution is 2.37. The van der Waals surface area contributed by atoms with E-state index < -0.39 is 12.0 Å². The van der Waals surface area contributed by atoms with Crippen molar-refractivity contribution >= 4 is 27.6 Å². The van der Waals surface area contributed by atoms with Crippen LogP contribution in [0.1, 0.15) is 12.5 Å². The Kier molecular flexibility index (Phi) is 6.83. The van der Waals surface area contributed by atoms with E-state index in [1.165, 1.54) is 0 Å². The number of hydrogen-bond acceptors (Lipinski definition) is 5. The number of carbonyl (C=O) groups excluding carboxylic acids is 1. The zero-order chi connectivity index (χ0) is 15.8. The molecule has 2 rings (SSSR count). The summed E-state index contributed by atoms with van der Waals surface area (Å²) in [5, 5.41) is 0. The number of ether oxygens (including phenoxy) is 1. The average molecular weight is 333 g/mol. The van der Waals surface area contributed by atoms with Crippen molar-refractivity contribution in [1.82, 2.24) is 0 Å². The molecule has 0 unspecified atom stereocenters. The van der Waals surface area contributed by atoms with E-state index in [2.05, 4.69) is 6.92 Å². The third kappa shape index (κ3) is 5.09. The molecule has 1 atom stereocenters. The van der Waals surface area contributed by atoms with Crippen molar-refractivity contribution < 1.29 is 9.53 Å². The summed E-state index contributed by atoms with van der Waals surface area (Å²) in [6.07, 6.45) is 0.471. The normalized spacial score (nSPS) is 11.9. The molecule has 3 nitrogen and oxygen atoms in total. The number of benzene rings is 2. The lowest BCUT2D eigenvalue weighted by Crippen LogP contribution is -2.36. The molecule has 0 amide bonds. The van der Waals surface area contributed by atoms with E-state index in [0.717, 1.165) is 16.2 Å². The van der Waals surface area contributed by atoms with Crippen molar-refractivity contribution in [3.05, 3.63) is 60.2 Å². The number of rotatable bonds is 7. The molecule has 0 saturated heterocycles. The molecule has 0 aliphatic rings. The monoisotopic (exact) mass is 333 g/mol. The molecular weight excluding hydrogens is 314 g/mol. The summed E-state index contributed by atoms with van der Waals surface area (Å²) in [5.41, 5.74) is 6.98. The van der Waals surface area contributed by atoms with Crippen LogP contribution in [0.15, 0.2) is 59.5 Å². The van der Waals surface area contributed by atoms with Gasteiger partial charge in [-0.25, -0.2) is 4.79 Å². The maximum Gasteiger partial charge on any atom is 0.328 e. The van der Waals surface area contributed by atoms with Crippen molar-refractivity contribution in [3.63, 3.8) is 0 Å². The van der Waals surface area contributed by atoms with Gasteiger partial charge >= 0.3 is 5.97 Å². The van der Waals surface area contributed by atoms with Crippen LogP contribution in [0.25, 0.3) is 0 Å². The Hall–Kier alpha value is -1.43. The Bertz CT molecular complexity index is 605. The highest BCUT2D eigenvalue weighted by molar-refractivity contribution is 8.76. The largest absolute Gasteiger partial charge is 0.424 e. The summed E-state index contributed by atoms with van der Waals surface area (Å²) in [4.78, 5) is 13.1. The zero-order valence-corrected chi connectivity index (χ0v) is 14.0. The van der Waals surface area contributed by atoms with Crippen LogP contribution in [0.2, 0.25) is 0 Å². The fourth-order valence-corrected chi connectivity index (χ4v) is 3.58. The summed E-state index contributed by atoms with van der Waals surface area (Å²) in [6.45, 7) is 2.09. The Morgan fingerprint density at radius 1 is 1.14 bits per heavy atom. The first-order chi connectivity index (χ1) is 10.7. The SMILES string of the molecule is CCSSc1ccccc1OC(=O)[C@@H](N)Cc1ccccc1. The van der Waals surface area contributed by atoms with Crippen LogP contribution in [0, 0.1) is 0 Å². The van der Waals surface area contributed by atoms with Gasteiger partial charge in [-0.1, -0.05) is 71.0 Å². The van der Waals surface area contributed by atoms with Crippen molar-refractivity contribution in [3.8, 4) is 5.75 Å². The molecular formula is C17H19NO2S2. The van der Waals surface area contributed by atoms with Gasteiger partial charge < -0.3 is 10.5 Å². The van der Waals surface area contributed by atoms with Gasteiger partial charge in [-0.05, 0) is 24.1 Å². The Balaban J connectivity index is 1.99. The predicted molar refractivity (Wildman–Crippen MR) is 94.2 cm³/mol. The van der Waals surface area contributed by atoms with E-state index in [1.54, 1.807) is 27.7 Å². The molecule has 2 N–H and O–H groups in total. The van der Waals surface area contributed by atoms with E-state index in [9.17, 15) is 4.79 Å². The van der Waals surface area contributed by atoms with Gasteiger partial charge in [0, 0.05) is 5.75 Å². The van der Waals surface area contributed by atoms with Gasteiger partial charge in [0.15, 0.2) is 0 Å². The summed E-state index contributed by atoms with van der Waals surface area (Å²) in [5.74, 6) is 1.15. The highest BCUT2D eigenvalue weighted by atomic mass is 33.1. The van der Waals surface area contributed by atoms with Gasteiger partial charge in [-0.3, -0.25) is 0 Å². The Labute approximate surface area is 139 Å². The molecule has 116 valence electrons. The van der Waals surface area contributed by atoms with Gasteiger partial charge in [0.1, 0.15) is 11.8 Å². The minimum absolute atomic E-state index is 0.404. The van der Waals surface area contributed by atoms with Crippen LogP contribution in [-0.2, 0) is 11.2 Å². The van der Waals surface area contributed by atoms with Gasteiger partial charge in [0.2, 0.25) is 0 Å². The maximum absolute atomic E-state index is 12.2. The molecule has 0 bridgehead atoms. The molecule has 0 spiro atoms. The van der Waals surface area contributed by atoms with Crippen LogP contribution in [0.3, 0.4) is 0 Å². The summed E-state index contributed by atoms with van der Waals surface area (Å²) >= 11 is 0. The van der Waals surface area contributed by atoms with E-state index in [4.69, 9.17) is 10.5 Å². The summed E-state index contributed by atoms with van der Waals surface area (Å²) in [6, 6.07) is 16.6. The molecule has 5 heteroatoms. The molecule has 0 aliphatic heterocycles. The van der Waals surface area contributed by atoms with E-state index >= 15 is 0 Å². The molecule has 0 fully saturated rings. The number of esters is 1. The fraction of sp³-hybridized carbons (Fsp3) is 0.235. The lowest BCUT2D eigenvalue weighted by atomic mass is 10.1. The first-order valence-corrected chi connectivity index (χ1v) is 9.42. The fourth-order valence-electron chi connectivity index (χ4n) is 1.86. The lowest BCUT2D eigenvalue weighted by Gasteiger charge is -2.13. The number of nitrogens with two attached hydrogens (primary N) is 1. The smallest absolute Gasteiger partial charge is 0.328 e. The number of para-hydroxylation sites is 1. The predicted octanol–water partition coefficient (Wildman–Crippen LogP) is 3.92. The van der Waals surface area contributed by atoms with Crippen molar-refractivity contribution in [2.75, 3.05) is 5.75 Å². The number of carbonyl (C=O) groups is 1. The zero-order valence-electron chi connectivity index (χ0n) is 12.4. The standard InChI is InChI=1S/C17H19NO2S2/c1-2-21-22-16-11-7-6-10-15(16)20-17(19)14(18)12-13-8-4-3-5-9-13/h3-11,14H,2,12,18H2,1H3/t14-/m0/s1. The second-order valence-corrected chi connectivity index (χ2v) is 7.28. The van der Waals surface area contributed by atoms with Crippen LogP contribution < -0.4 is 10.5 Å². The minimum Gasteiger partial charge on any atom is -0.424 e. The maximum atomic E-state index is 12.2. The van der Waals surface area contributed by atoms with Gasteiger partial charge in [0.25, 0.3) is 0 Å². The minimum atomic E-state index is -0.667. The quantitative estimate of drug-likeness (QED) is 0.473. The van der Waals surface area contributed by atoms with E-state index in [0.29, 0.717) is 12.2 Å². The van der Waals surface area contributed by atoms with Crippen molar-refractivity contribution in [2.45, 2.75) is 24.3 Å². The molecule has 2 aromatic rings. The summed E-state index contributed by atoms with van der Waals surface area (Å²) in [7, 11) is 3.31. The first-order valence-electron chi connectivity index (χ1n) is 7.10. The highest BCUT2D eigenvalue weighted by Gasteiger charge is 2.18. The Morgan fingerprint density at radius 3 is 2.55 bits per heavy atom. The Morgan fingerprint density at radius 2 is 1.82 bits per heavy atom. The topological polar surface area (TPSA) is 52.3 Å². The third-order valence-electron chi connectivity index (χ3n) is 2.93. The van der Waals surface area contributed by atoms with Crippen LogP contribution in [0.5, 0.6) is 5.75 Å². The van der Waals surface area contributed by atoms with Crippen molar-refractivity contribution in [2.24, 2.45) is 5.73 Å². The molecule has 0 radical (unpaired) electrons. The average Bonchev–Trinajstić information content (AvgIpc) is 2.55. The van der Waals surface area contributed by atoms with Crippen LogP contribution in [0.4, 0.5) is 0 Å². The number of hydrogen-bond donors (Lipinski definition) is 1. The van der Waals surface area contributed by atoms with Gasteiger partial charge in [-0.2, -0.15) is 0 Å². The second-order valence-electron chi connectivity index (χ2n) is 4.65. The second kappa shape index (κ2) is 8.88. The summed E-state index contributed by atoms with van der Waals surface area (Å²) < 4.78 is 5.48. The lowest BCUT2D eigenvalue weighted by molar-refractivity contribution is -0.136. The molecule has 22 heavy (non-hydrogen) atoms. The van der Waals surface area contributed by atoms with E-state index in [-0.39, 0.29) is 0 Å². The van der Waals surface area contributed by atoms with Gasteiger partial charge in [-0.15, -0.1) is 0 Å². The van der Waals surface area contributed by atoms with Crippen LogP contribution in [-0.4, -0.2) is 17.8 Å². The molecule has 0 saturated carbocycles. The third-order valence-corrected chi connectivity index (χ3v) is 5.40. The molecule has 0 aliphatic carbocycles. The van der Waals surface area contributed by atoms with Gasteiger partial charge in [0.05, 0.1) is 4.90 Å². The molecule has 2 aromatic carbocycles.